The second-order valence-electron chi connectivity index (χ2n) is 3.55. The largest absolute Gasteiger partial charge is 0.321 e. The molecule has 0 aliphatic heterocycles. The van der Waals surface area contributed by atoms with Gasteiger partial charge in [-0.1, -0.05) is 29.8 Å². The Labute approximate surface area is 120 Å². The number of anilines is 1. The lowest BCUT2D eigenvalue weighted by molar-refractivity contribution is -0.112. The summed E-state index contributed by atoms with van der Waals surface area (Å²) >= 11 is 11.1. The third-order valence-electron chi connectivity index (χ3n) is 2.09. The van der Waals surface area contributed by atoms with Gasteiger partial charge in [-0.15, -0.1) is 0 Å². The van der Waals surface area contributed by atoms with E-state index in [1.54, 1.807) is 6.07 Å². The summed E-state index contributed by atoms with van der Waals surface area (Å²) in [5, 5.41) is 2.71. The molecular formula is C13H11Cl2FN2O. The van der Waals surface area contributed by atoms with Crippen molar-refractivity contribution in [1.29, 1.82) is 0 Å². The van der Waals surface area contributed by atoms with Crippen molar-refractivity contribution in [2.45, 2.75) is 6.92 Å². The zero-order valence-corrected chi connectivity index (χ0v) is 11.6. The third-order valence-corrected chi connectivity index (χ3v) is 2.65. The summed E-state index contributed by atoms with van der Waals surface area (Å²) in [6.45, 7) is 4.79. The van der Waals surface area contributed by atoms with Crippen LogP contribution in [0, 0.1) is 0 Å². The molecule has 0 saturated carbocycles. The first-order valence-corrected chi connectivity index (χ1v) is 5.98. The number of halogens is 3. The van der Waals surface area contributed by atoms with Gasteiger partial charge in [0.15, 0.2) is 0 Å². The van der Waals surface area contributed by atoms with Crippen LogP contribution in [-0.4, -0.2) is 10.9 Å². The van der Waals surface area contributed by atoms with Crippen LogP contribution in [0.3, 0.4) is 0 Å². The fourth-order valence-electron chi connectivity index (χ4n) is 1.10. The Morgan fingerprint density at radius 3 is 2.74 bits per heavy atom. The van der Waals surface area contributed by atoms with E-state index in [1.807, 2.05) is 0 Å². The molecule has 0 aliphatic carbocycles. The molecule has 1 rings (SSSR count). The Bertz CT molecular complexity index is 550. The number of hydrogen-bond donors (Lipinski definition) is 1. The van der Waals surface area contributed by atoms with E-state index in [-0.39, 0.29) is 10.6 Å². The first-order valence-electron chi connectivity index (χ1n) is 5.23. The molecule has 100 valence electrons. The van der Waals surface area contributed by atoms with E-state index < -0.39 is 11.7 Å². The minimum atomic E-state index is -0.724. The van der Waals surface area contributed by atoms with Crippen LogP contribution in [0.4, 0.5) is 10.1 Å². The Kier molecular flexibility index (Phi) is 5.73. The maximum atomic E-state index is 13.4. The Hall–Kier alpha value is -1.65. The molecule has 1 aromatic heterocycles. The van der Waals surface area contributed by atoms with Gasteiger partial charge in [0.05, 0.1) is 16.9 Å². The van der Waals surface area contributed by atoms with E-state index in [0.717, 1.165) is 12.2 Å². The fraction of sp³-hybridized carbons (Fsp3) is 0.0769. The van der Waals surface area contributed by atoms with Crippen molar-refractivity contribution in [2.75, 3.05) is 5.32 Å². The molecule has 0 aliphatic rings. The van der Waals surface area contributed by atoms with Crippen LogP contribution in [0.15, 0.2) is 53.5 Å². The van der Waals surface area contributed by atoms with Crippen molar-refractivity contribution in [2.24, 2.45) is 0 Å². The maximum absolute atomic E-state index is 13.4. The summed E-state index contributed by atoms with van der Waals surface area (Å²) in [6.07, 6.45) is 3.58. The quantitative estimate of drug-likeness (QED) is 0.514. The van der Waals surface area contributed by atoms with Gasteiger partial charge in [0.2, 0.25) is 0 Å². The molecule has 1 N–H and O–H groups in total. The summed E-state index contributed by atoms with van der Waals surface area (Å²) in [5.41, 5.74) is 0.619. The predicted octanol–water partition coefficient (Wildman–Crippen LogP) is 4.23. The predicted molar refractivity (Wildman–Crippen MR) is 75.8 cm³/mol. The van der Waals surface area contributed by atoms with Crippen LogP contribution in [-0.2, 0) is 4.79 Å². The number of carbonyl (C=O) groups is 1. The fourth-order valence-corrected chi connectivity index (χ4v) is 1.27. The van der Waals surface area contributed by atoms with Gasteiger partial charge in [0.25, 0.3) is 5.91 Å². The Morgan fingerprint density at radius 2 is 2.21 bits per heavy atom. The summed E-state index contributed by atoms with van der Waals surface area (Å²) in [4.78, 5) is 15.6. The first-order chi connectivity index (χ1) is 8.93. The van der Waals surface area contributed by atoms with Gasteiger partial charge in [-0.3, -0.25) is 4.79 Å². The highest BCUT2D eigenvalue weighted by Gasteiger charge is 2.07. The Balaban J connectivity index is 2.81. The number of aromatic nitrogens is 1. The van der Waals surface area contributed by atoms with Gasteiger partial charge in [0, 0.05) is 5.57 Å². The number of rotatable bonds is 4. The smallest absolute Gasteiger partial charge is 0.251 e. The lowest BCUT2D eigenvalue weighted by Crippen LogP contribution is -2.12. The average Bonchev–Trinajstić information content (AvgIpc) is 2.40. The van der Waals surface area contributed by atoms with Crippen LogP contribution >= 0.6 is 23.2 Å². The molecular weight excluding hydrogens is 290 g/mol. The number of amides is 1. The molecule has 0 atom stereocenters. The van der Waals surface area contributed by atoms with Crippen molar-refractivity contribution in [1.82, 2.24) is 4.98 Å². The number of hydrogen-bond acceptors (Lipinski definition) is 2. The lowest BCUT2D eigenvalue weighted by atomic mass is 10.2. The second kappa shape index (κ2) is 7.07. The van der Waals surface area contributed by atoms with Crippen molar-refractivity contribution < 1.29 is 9.18 Å². The highest BCUT2D eigenvalue weighted by molar-refractivity contribution is 6.31. The first kappa shape index (κ1) is 15.4. The zero-order chi connectivity index (χ0) is 14.4. The van der Waals surface area contributed by atoms with Gasteiger partial charge in [-0.05, 0) is 31.2 Å². The molecule has 0 aromatic carbocycles. The highest BCUT2D eigenvalue weighted by Crippen LogP contribution is 2.16. The van der Waals surface area contributed by atoms with Crippen molar-refractivity contribution >= 4 is 34.8 Å². The molecule has 3 nitrogen and oxygen atoms in total. The van der Waals surface area contributed by atoms with Crippen LogP contribution in [0.5, 0.6) is 0 Å². The molecule has 1 aromatic rings. The van der Waals surface area contributed by atoms with Gasteiger partial charge in [-0.2, -0.15) is 0 Å². The monoisotopic (exact) mass is 300 g/mol. The SMILES string of the molecule is C=C/C(Cl)=C(F)\C=C(/C)C(=O)Nc1ccc(Cl)nc1. The molecule has 0 fully saturated rings. The maximum Gasteiger partial charge on any atom is 0.251 e. The molecule has 1 heterocycles. The van der Waals surface area contributed by atoms with E-state index >= 15 is 0 Å². The summed E-state index contributed by atoms with van der Waals surface area (Å²) in [5.74, 6) is -1.19. The standard InChI is InChI=1S/C13H11Cl2FN2O/c1-3-10(14)11(16)6-8(2)13(19)18-9-4-5-12(15)17-7-9/h3-7H,1H2,2H3,(H,18,19)/b8-6+,11-10-. The molecule has 0 radical (unpaired) electrons. The summed E-state index contributed by atoms with van der Waals surface area (Å²) in [6, 6.07) is 3.12. The molecule has 19 heavy (non-hydrogen) atoms. The number of nitrogens with zero attached hydrogens (tertiary/aromatic N) is 1. The summed E-state index contributed by atoms with van der Waals surface area (Å²) in [7, 11) is 0. The minimum Gasteiger partial charge on any atom is -0.321 e. The van der Waals surface area contributed by atoms with Crippen LogP contribution in [0.1, 0.15) is 6.92 Å². The third kappa shape index (κ3) is 4.85. The Morgan fingerprint density at radius 1 is 1.53 bits per heavy atom. The molecule has 1 amide bonds. The van der Waals surface area contributed by atoms with Gasteiger partial charge in [0.1, 0.15) is 11.0 Å². The van der Waals surface area contributed by atoms with E-state index in [1.165, 1.54) is 19.2 Å². The van der Waals surface area contributed by atoms with Crippen LogP contribution in [0.25, 0.3) is 0 Å². The van der Waals surface area contributed by atoms with Crippen molar-refractivity contribution in [3.8, 4) is 0 Å². The molecule has 0 spiro atoms. The molecule has 0 saturated heterocycles. The average molecular weight is 301 g/mol. The summed E-state index contributed by atoms with van der Waals surface area (Å²) < 4.78 is 13.4. The number of carbonyl (C=O) groups excluding carboxylic acids is 1. The molecule has 0 bridgehead atoms. The van der Waals surface area contributed by atoms with E-state index in [0.29, 0.717) is 10.8 Å². The van der Waals surface area contributed by atoms with E-state index in [2.05, 4.69) is 16.9 Å². The topological polar surface area (TPSA) is 42.0 Å². The normalized spacial score (nSPS) is 12.7. The van der Waals surface area contributed by atoms with Gasteiger partial charge in [-0.25, -0.2) is 9.37 Å². The molecule has 6 heteroatoms. The number of allylic oxidation sites excluding steroid dienone is 4. The highest BCUT2D eigenvalue weighted by atomic mass is 35.5. The van der Waals surface area contributed by atoms with E-state index in [9.17, 15) is 9.18 Å². The number of pyridine rings is 1. The lowest BCUT2D eigenvalue weighted by Gasteiger charge is -2.04. The van der Waals surface area contributed by atoms with Gasteiger partial charge >= 0.3 is 0 Å². The number of nitrogens with one attached hydrogen (secondary N) is 1. The zero-order valence-electron chi connectivity index (χ0n) is 10.1. The van der Waals surface area contributed by atoms with E-state index in [4.69, 9.17) is 23.2 Å². The van der Waals surface area contributed by atoms with Crippen molar-refractivity contribution in [3.05, 3.63) is 58.6 Å². The molecule has 0 unspecified atom stereocenters. The van der Waals surface area contributed by atoms with Gasteiger partial charge < -0.3 is 5.32 Å². The second-order valence-corrected chi connectivity index (χ2v) is 4.35. The minimum absolute atomic E-state index is 0.152. The van der Waals surface area contributed by atoms with Crippen LogP contribution < -0.4 is 5.32 Å². The van der Waals surface area contributed by atoms with Crippen LogP contribution in [0.2, 0.25) is 5.15 Å². The van der Waals surface area contributed by atoms with Crippen molar-refractivity contribution in [3.63, 3.8) is 0 Å².